The van der Waals surface area contributed by atoms with Crippen molar-refractivity contribution in [3.8, 4) is 24.7 Å². The second-order valence-corrected chi connectivity index (χ2v) is 1.29. The first kappa shape index (κ1) is 6.86. The van der Waals surface area contributed by atoms with Crippen molar-refractivity contribution in [2.45, 2.75) is 12.8 Å². The largest absolute Gasteiger partial charge is 0.120 e. The van der Waals surface area contributed by atoms with Crippen LogP contribution in [0.1, 0.15) is 12.8 Å². The van der Waals surface area contributed by atoms with Crippen LogP contribution in [0.5, 0.6) is 0 Å². The summed E-state index contributed by atoms with van der Waals surface area (Å²) in [4.78, 5) is 0. The van der Waals surface area contributed by atoms with Crippen LogP contribution >= 0.6 is 0 Å². The molecule has 0 bridgehead atoms. The summed E-state index contributed by atoms with van der Waals surface area (Å²) in [7, 11) is 0. The molecular weight excluding hydrogens is 96.1 g/mol. The highest BCUT2D eigenvalue weighted by atomic mass is 13.7. The summed E-state index contributed by atoms with van der Waals surface area (Å²) >= 11 is 0. The minimum Gasteiger partial charge on any atom is -0.120 e. The van der Waals surface area contributed by atoms with E-state index in [-0.39, 0.29) is 0 Å². The Balaban J connectivity index is 3.14. The normalized spacial score (nSPS) is 8.25. The van der Waals surface area contributed by atoms with Crippen LogP contribution in [0.15, 0.2) is 12.2 Å². The van der Waals surface area contributed by atoms with Gasteiger partial charge in [-0.1, -0.05) is 12.2 Å². The number of rotatable bonds is 2. The zero-order valence-electron chi connectivity index (χ0n) is 4.72. The third-order valence-electron chi connectivity index (χ3n) is 0.638. The molecule has 0 spiro atoms. The van der Waals surface area contributed by atoms with Gasteiger partial charge in [-0.2, -0.15) is 0 Å². The molecule has 0 amide bonds. The fraction of sp³-hybridized carbons (Fsp3) is 0.250. The summed E-state index contributed by atoms with van der Waals surface area (Å²) in [5.41, 5.74) is 0. The molecule has 0 atom stereocenters. The number of allylic oxidation sites excluding steroid dienone is 2. The molecule has 0 radical (unpaired) electrons. The highest BCUT2D eigenvalue weighted by Gasteiger charge is 1.65. The molecule has 0 aliphatic rings. The Kier molecular flexibility index (Phi) is 5.02. The minimum absolute atomic E-state index is 0.682. The summed E-state index contributed by atoms with van der Waals surface area (Å²) in [6.45, 7) is 0. The zero-order valence-corrected chi connectivity index (χ0v) is 4.72. The van der Waals surface area contributed by atoms with Gasteiger partial charge in [0.2, 0.25) is 0 Å². The standard InChI is InChI=1S/C8H8/c1-3-5-7-8-6-4-2/h1-2,7-8H,5-6H2. The lowest BCUT2D eigenvalue weighted by Crippen LogP contribution is -1.57. The third kappa shape index (κ3) is 4.86. The quantitative estimate of drug-likeness (QED) is 0.368. The average molecular weight is 104 g/mol. The molecule has 0 nitrogen and oxygen atoms in total. The molecule has 0 heterocycles. The van der Waals surface area contributed by atoms with Crippen molar-refractivity contribution in [1.82, 2.24) is 0 Å². The fourth-order valence-corrected chi connectivity index (χ4v) is 0.303. The van der Waals surface area contributed by atoms with Crippen molar-refractivity contribution in [3.05, 3.63) is 12.2 Å². The van der Waals surface area contributed by atoms with Gasteiger partial charge < -0.3 is 0 Å². The van der Waals surface area contributed by atoms with E-state index < -0.39 is 0 Å². The van der Waals surface area contributed by atoms with Crippen molar-refractivity contribution < 1.29 is 0 Å². The highest BCUT2D eigenvalue weighted by Crippen LogP contribution is 1.82. The predicted octanol–water partition coefficient (Wildman–Crippen LogP) is 1.59. The van der Waals surface area contributed by atoms with Crippen LogP contribution in [0.25, 0.3) is 0 Å². The van der Waals surface area contributed by atoms with E-state index in [4.69, 9.17) is 12.8 Å². The van der Waals surface area contributed by atoms with Crippen molar-refractivity contribution in [2.75, 3.05) is 0 Å². The molecule has 0 saturated heterocycles. The zero-order chi connectivity index (χ0) is 6.24. The van der Waals surface area contributed by atoms with Gasteiger partial charge in [0.1, 0.15) is 0 Å². The summed E-state index contributed by atoms with van der Waals surface area (Å²) < 4.78 is 0. The SMILES string of the molecule is C#CCC=CCC#C. The van der Waals surface area contributed by atoms with Gasteiger partial charge in [-0.15, -0.1) is 24.7 Å². The topological polar surface area (TPSA) is 0 Å². The van der Waals surface area contributed by atoms with E-state index in [1.165, 1.54) is 0 Å². The number of hydrogen-bond acceptors (Lipinski definition) is 0. The molecule has 0 aliphatic carbocycles. The molecule has 0 heteroatoms. The van der Waals surface area contributed by atoms with Crippen LogP contribution in [0.3, 0.4) is 0 Å². The first-order chi connectivity index (χ1) is 3.91. The fourth-order valence-electron chi connectivity index (χ4n) is 0.303. The lowest BCUT2D eigenvalue weighted by atomic mass is 10.3. The van der Waals surface area contributed by atoms with Gasteiger partial charge in [-0.05, 0) is 0 Å². The van der Waals surface area contributed by atoms with Crippen molar-refractivity contribution in [1.29, 1.82) is 0 Å². The molecular formula is C8H8. The second kappa shape index (κ2) is 5.86. The van der Waals surface area contributed by atoms with E-state index in [0.717, 1.165) is 0 Å². The molecule has 0 saturated carbocycles. The molecule has 0 aromatic rings. The molecule has 0 unspecified atom stereocenters. The Morgan fingerprint density at radius 1 is 1.00 bits per heavy atom. The number of hydrogen-bond donors (Lipinski definition) is 0. The first-order valence-electron chi connectivity index (χ1n) is 2.43. The van der Waals surface area contributed by atoms with E-state index in [2.05, 4.69) is 11.8 Å². The Morgan fingerprint density at radius 2 is 1.38 bits per heavy atom. The van der Waals surface area contributed by atoms with E-state index >= 15 is 0 Å². The maximum Gasteiger partial charge on any atom is 0.0267 e. The summed E-state index contributed by atoms with van der Waals surface area (Å²) in [5.74, 6) is 4.94. The molecule has 40 valence electrons. The van der Waals surface area contributed by atoms with Crippen LogP contribution in [0.4, 0.5) is 0 Å². The Hall–Kier alpha value is -1.14. The van der Waals surface area contributed by atoms with Crippen LogP contribution < -0.4 is 0 Å². The van der Waals surface area contributed by atoms with Gasteiger partial charge in [-0.3, -0.25) is 0 Å². The van der Waals surface area contributed by atoms with Gasteiger partial charge in [0.25, 0.3) is 0 Å². The highest BCUT2D eigenvalue weighted by molar-refractivity contribution is 5.01. The Morgan fingerprint density at radius 3 is 1.62 bits per heavy atom. The predicted molar refractivity (Wildman–Crippen MR) is 36.0 cm³/mol. The van der Waals surface area contributed by atoms with Gasteiger partial charge in [0.05, 0.1) is 0 Å². The van der Waals surface area contributed by atoms with Crippen molar-refractivity contribution in [3.63, 3.8) is 0 Å². The second-order valence-electron chi connectivity index (χ2n) is 1.29. The van der Waals surface area contributed by atoms with Crippen molar-refractivity contribution in [2.24, 2.45) is 0 Å². The monoisotopic (exact) mass is 104 g/mol. The van der Waals surface area contributed by atoms with Gasteiger partial charge >= 0.3 is 0 Å². The smallest absolute Gasteiger partial charge is 0.0267 e. The molecule has 0 fully saturated rings. The van der Waals surface area contributed by atoms with E-state index in [9.17, 15) is 0 Å². The van der Waals surface area contributed by atoms with Crippen LogP contribution in [0.2, 0.25) is 0 Å². The van der Waals surface area contributed by atoms with Gasteiger partial charge in [0, 0.05) is 12.8 Å². The van der Waals surface area contributed by atoms with Crippen LogP contribution in [-0.2, 0) is 0 Å². The Bertz CT molecular complexity index is 120. The third-order valence-corrected chi connectivity index (χ3v) is 0.638. The average Bonchev–Trinajstić information content (AvgIpc) is 1.81. The summed E-state index contributed by atoms with van der Waals surface area (Å²) in [5, 5.41) is 0. The maximum absolute atomic E-state index is 4.96. The van der Waals surface area contributed by atoms with E-state index in [0.29, 0.717) is 12.8 Å². The molecule has 0 aromatic heterocycles. The van der Waals surface area contributed by atoms with Gasteiger partial charge in [-0.25, -0.2) is 0 Å². The molecule has 8 heavy (non-hydrogen) atoms. The first-order valence-corrected chi connectivity index (χ1v) is 2.43. The van der Waals surface area contributed by atoms with Gasteiger partial charge in [0.15, 0.2) is 0 Å². The Labute approximate surface area is 50.6 Å². The van der Waals surface area contributed by atoms with Crippen LogP contribution in [-0.4, -0.2) is 0 Å². The number of terminal acetylenes is 2. The molecule has 0 rings (SSSR count). The molecule has 0 aromatic carbocycles. The lowest BCUT2D eigenvalue weighted by Gasteiger charge is -1.73. The van der Waals surface area contributed by atoms with Crippen molar-refractivity contribution >= 4 is 0 Å². The van der Waals surface area contributed by atoms with E-state index in [1.807, 2.05) is 12.2 Å². The minimum atomic E-state index is 0.682. The maximum atomic E-state index is 4.96. The summed E-state index contributed by atoms with van der Waals surface area (Å²) in [6, 6.07) is 0. The lowest BCUT2D eigenvalue weighted by molar-refractivity contribution is 1.38. The molecule has 0 aliphatic heterocycles. The van der Waals surface area contributed by atoms with E-state index in [1.54, 1.807) is 0 Å². The summed E-state index contributed by atoms with van der Waals surface area (Å²) in [6.07, 6.45) is 15.1. The molecule has 0 N–H and O–H groups in total. The van der Waals surface area contributed by atoms with Crippen LogP contribution in [0, 0.1) is 24.7 Å².